The Morgan fingerprint density at radius 3 is 2.37 bits per heavy atom. The Balaban J connectivity index is 1.32. The number of fused-ring (bicyclic) bond motifs is 1. The van der Waals surface area contributed by atoms with E-state index >= 15 is 0 Å². The van der Waals surface area contributed by atoms with Gasteiger partial charge in [0.05, 0.1) is 11.4 Å². The molecule has 8 heteroatoms. The number of nitrogens with one attached hydrogen (secondary N) is 1. The maximum atomic E-state index is 15.0. The highest BCUT2D eigenvalue weighted by atomic mass is 32.1. The van der Waals surface area contributed by atoms with Gasteiger partial charge in [-0.1, -0.05) is 54.6 Å². The van der Waals surface area contributed by atoms with E-state index < -0.39 is 11.7 Å². The van der Waals surface area contributed by atoms with Gasteiger partial charge in [0.25, 0.3) is 5.91 Å². The topological polar surface area (TPSA) is 85.1 Å². The van der Waals surface area contributed by atoms with Crippen LogP contribution < -0.4 is 11.1 Å². The predicted octanol–water partition coefficient (Wildman–Crippen LogP) is 8.56. The lowest BCUT2D eigenvalue weighted by Crippen LogP contribution is -2.12. The maximum absolute atomic E-state index is 15.0. The third-order valence-corrected chi connectivity index (χ3v) is 8.44. The summed E-state index contributed by atoms with van der Waals surface area (Å²) >= 11 is 2.71. The molecule has 3 aromatic heterocycles. The van der Waals surface area contributed by atoms with Crippen LogP contribution in [-0.2, 0) is 0 Å². The number of carbonyl (C=O) groups excluding carboxylic acids is 2. The number of rotatable bonds is 7. The molecular formula is C33H22FN3O2S2. The molecule has 0 unspecified atom stereocenters. The lowest BCUT2D eigenvalue weighted by Gasteiger charge is -2.10. The monoisotopic (exact) mass is 575 g/mol. The summed E-state index contributed by atoms with van der Waals surface area (Å²) in [4.78, 5) is 32.5. The minimum Gasteiger partial charge on any atom is -0.397 e. The van der Waals surface area contributed by atoms with Crippen LogP contribution in [0, 0.1) is 5.82 Å². The molecule has 6 aromatic rings. The Labute approximate surface area is 243 Å². The molecule has 5 nitrogen and oxygen atoms in total. The van der Waals surface area contributed by atoms with Crippen LogP contribution in [0.2, 0.25) is 0 Å². The van der Waals surface area contributed by atoms with Crippen molar-refractivity contribution in [2.45, 2.75) is 0 Å². The Morgan fingerprint density at radius 1 is 0.878 bits per heavy atom. The SMILES string of the molecule is Nc1c(C(=O)Nc2ccc(C(=O)C=Cc3cccs3)cc2)sc2nc(-c3ccccc3)cc(-c3ccccc3F)c12. The number of pyridine rings is 1. The van der Waals surface area contributed by atoms with Crippen molar-refractivity contribution >= 4 is 62.0 Å². The average molecular weight is 576 g/mol. The minimum absolute atomic E-state index is 0.133. The number of hydrogen-bond acceptors (Lipinski definition) is 6. The molecule has 200 valence electrons. The third-order valence-electron chi connectivity index (χ3n) is 6.51. The van der Waals surface area contributed by atoms with Crippen LogP contribution in [0.15, 0.2) is 109 Å². The molecule has 0 aliphatic carbocycles. The second-order valence-electron chi connectivity index (χ2n) is 9.17. The summed E-state index contributed by atoms with van der Waals surface area (Å²) in [5, 5.41) is 5.34. The van der Waals surface area contributed by atoms with Gasteiger partial charge in [-0.05, 0) is 65.6 Å². The molecule has 0 spiro atoms. The Morgan fingerprint density at radius 2 is 1.63 bits per heavy atom. The lowest BCUT2D eigenvalue weighted by molar-refractivity contribution is 0.102. The zero-order chi connectivity index (χ0) is 28.3. The molecular weight excluding hydrogens is 554 g/mol. The number of nitrogens with two attached hydrogens (primary N) is 1. The normalized spacial score (nSPS) is 11.2. The van der Waals surface area contributed by atoms with Crippen LogP contribution in [-0.4, -0.2) is 16.7 Å². The fraction of sp³-hybridized carbons (Fsp3) is 0. The fourth-order valence-corrected chi connectivity index (χ4v) is 6.12. The number of carbonyl (C=O) groups is 2. The Bertz CT molecular complexity index is 1910. The number of anilines is 2. The van der Waals surface area contributed by atoms with E-state index in [9.17, 15) is 14.0 Å². The third kappa shape index (κ3) is 5.43. The molecule has 3 aromatic carbocycles. The summed E-state index contributed by atoms with van der Waals surface area (Å²) in [7, 11) is 0. The van der Waals surface area contributed by atoms with Gasteiger partial charge in [-0.2, -0.15) is 0 Å². The van der Waals surface area contributed by atoms with Crippen molar-refractivity contribution < 1.29 is 14.0 Å². The lowest BCUT2D eigenvalue weighted by atomic mass is 9.99. The average Bonchev–Trinajstić information content (AvgIpc) is 3.64. The summed E-state index contributed by atoms with van der Waals surface area (Å²) in [6.45, 7) is 0. The van der Waals surface area contributed by atoms with Gasteiger partial charge in [0.1, 0.15) is 15.5 Å². The van der Waals surface area contributed by atoms with Crippen molar-refractivity contribution in [2.75, 3.05) is 11.1 Å². The van der Waals surface area contributed by atoms with E-state index in [0.717, 1.165) is 21.8 Å². The van der Waals surface area contributed by atoms with Gasteiger partial charge in [0, 0.05) is 32.6 Å². The van der Waals surface area contributed by atoms with E-state index in [1.54, 1.807) is 59.9 Å². The van der Waals surface area contributed by atoms with Crippen molar-refractivity contribution in [1.82, 2.24) is 4.98 Å². The molecule has 1 amide bonds. The van der Waals surface area contributed by atoms with E-state index in [1.807, 2.05) is 53.9 Å². The molecule has 0 saturated heterocycles. The number of benzene rings is 3. The van der Waals surface area contributed by atoms with Crippen LogP contribution in [0.25, 0.3) is 38.7 Å². The summed E-state index contributed by atoms with van der Waals surface area (Å²) < 4.78 is 15.0. The maximum Gasteiger partial charge on any atom is 0.267 e. The van der Waals surface area contributed by atoms with Crippen LogP contribution in [0.4, 0.5) is 15.8 Å². The zero-order valence-corrected chi connectivity index (χ0v) is 23.1. The number of nitrogen functional groups attached to an aromatic ring is 1. The fourth-order valence-electron chi connectivity index (χ4n) is 4.48. The first kappa shape index (κ1) is 26.3. The molecule has 3 heterocycles. The number of amides is 1. The molecule has 0 saturated carbocycles. The van der Waals surface area contributed by atoms with Crippen molar-refractivity contribution in [2.24, 2.45) is 0 Å². The second kappa shape index (κ2) is 11.3. The standard InChI is InChI=1S/C33H22FN3O2S2/c34-26-11-5-4-10-24(26)25-19-27(20-7-2-1-3-8-20)37-33-29(25)30(35)31(41-33)32(39)36-22-14-12-21(13-15-22)28(38)17-16-23-9-6-18-40-23/h1-19H,35H2,(H,36,39). The molecule has 3 N–H and O–H groups in total. The highest BCUT2D eigenvalue weighted by molar-refractivity contribution is 7.21. The molecule has 6 rings (SSSR count). The molecule has 0 aliphatic rings. The van der Waals surface area contributed by atoms with Gasteiger partial charge < -0.3 is 11.1 Å². The summed E-state index contributed by atoms with van der Waals surface area (Å²) in [5.74, 6) is -0.940. The van der Waals surface area contributed by atoms with Crippen molar-refractivity contribution in [3.05, 3.63) is 130 Å². The quantitative estimate of drug-likeness (QED) is 0.148. The van der Waals surface area contributed by atoms with Crippen LogP contribution >= 0.6 is 22.7 Å². The molecule has 41 heavy (non-hydrogen) atoms. The first-order valence-electron chi connectivity index (χ1n) is 12.7. The van der Waals surface area contributed by atoms with E-state index in [-0.39, 0.29) is 16.3 Å². The smallest absolute Gasteiger partial charge is 0.267 e. The zero-order valence-electron chi connectivity index (χ0n) is 21.5. The van der Waals surface area contributed by atoms with Crippen LogP contribution in [0.5, 0.6) is 0 Å². The number of ketones is 1. The second-order valence-corrected chi connectivity index (χ2v) is 11.1. The summed E-state index contributed by atoms with van der Waals surface area (Å²) in [6.07, 6.45) is 3.31. The number of thiophene rings is 2. The minimum atomic E-state index is -0.414. The number of allylic oxidation sites excluding steroid dienone is 1. The number of nitrogens with zero attached hydrogens (tertiary/aromatic N) is 1. The number of halogens is 1. The molecule has 0 aliphatic heterocycles. The summed E-state index contributed by atoms with van der Waals surface area (Å²) in [6, 6.07) is 28.4. The molecule has 0 atom stereocenters. The largest absolute Gasteiger partial charge is 0.397 e. The van der Waals surface area contributed by atoms with Gasteiger partial charge in [0.15, 0.2) is 5.78 Å². The van der Waals surface area contributed by atoms with Crippen molar-refractivity contribution in [3.8, 4) is 22.4 Å². The Hall–Kier alpha value is -4.92. The van der Waals surface area contributed by atoms with E-state index in [4.69, 9.17) is 10.7 Å². The predicted molar refractivity (Wildman–Crippen MR) is 167 cm³/mol. The van der Waals surface area contributed by atoms with Crippen LogP contribution in [0.3, 0.4) is 0 Å². The van der Waals surface area contributed by atoms with Gasteiger partial charge >= 0.3 is 0 Å². The molecule has 0 bridgehead atoms. The first-order valence-corrected chi connectivity index (χ1v) is 14.4. The highest BCUT2D eigenvalue weighted by Gasteiger charge is 2.23. The van der Waals surface area contributed by atoms with Crippen molar-refractivity contribution in [3.63, 3.8) is 0 Å². The first-order chi connectivity index (χ1) is 20.0. The Kier molecular flexibility index (Phi) is 7.24. The molecule has 0 radical (unpaired) electrons. The van der Waals surface area contributed by atoms with Crippen molar-refractivity contribution in [1.29, 1.82) is 0 Å². The van der Waals surface area contributed by atoms with Gasteiger partial charge in [-0.25, -0.2) is 9.37 Å². The number of aromatic nitrogens is 1. The van der Waals surface area contributed by atoms with Gasteiger partial charge in [0.2, 0.25) is 0 Å². The number of hydrogen-bond donors (Lipinski definition) is 2. The van der Waals surface area contributed by atoms with Gasteiger partial charge in [-0.3, -0.25) is 9.59 Å². The van der Waals surface area contributed by atoms with E-state index in [1.165, 1.54) is 12.1 Å². The summed E-state index contributed by atoms with van der Waals surface area (Å²) in [5.41, 5.74) is 10.3. The van der Waals surface area contributed by atoms with E-state index in [0.29, 0.717) is 38.3 Å². The van der Waals surface area contributed by atoms with Gasteiger partial charge in [-0.15, -0.1) is 22.7 Å². The highest BCUT2D eigenvalue weighted by Crippen LogP contribution is 2.42. The molecule has 0 fully saturated rings. The van der Waals surface area contributed by atoms with Crippen LogP contribution in [0.1, 0.15) is 24.9 Å². The van der Waals surface area contributed by atoms with E-state index in [2.05, 4.69) is 5.32 Å².